The van der Waals surface area contributed by atoms with Crippen molar-refractivity contribution in [1.82, 2.24) is 4.98 Å². The van der Waals surface area contributed by atoms with Crippen molar-refractivity contribution >= 4 is 55.7 Å². The first-order valence-corrected chi connectivity index (χ1v) is 12.2. The Balaban J connectivity index is 1.69. The second kappa shape index (κ2) is 9.17. The number of hydrogen-bond acceptors (Lipinski definition) is 6. The van der Waals surface area contributed by atoms with E-state index in [1.807, 2.05) is 18.2 Å². The first-order valence-electron chi connectivity index (χ1n) is 11.0. The van der Waals surface area contributed by atoms with E-state index in [1.54, 1.807) is 55.6 Å². The first kappa shape index (κ1) is 23.1. The van der Waals surface area contributed by atoms with E-state index in [0.717, 1.165) is 22.2 Å². The Morgan fingerprint density at radius 2 is 1.80 bits per heavy atom. The molecule has 6 nitrogen and oxygen atoms in total. The summed E-state index contributed by atoms with van der Waals surface area (Å²) in [5.74, 6) is -1.17. The number of aryl methyl sites for hydroxylation is 1. The van der Waals surface area contributed by atoms with Gasteiger partial charge >= 0.3 is 5.91 Å². The van der Waals surface area contributed by atoms with Crippen LogP contribution < -0.4 is 9.64 Å². The highest BCUT2D eigenvalue weighted by atomic mass is 35.5. The van der Waals surface area contributed by atoms with Gasteiger partial charge < -0.3 is 9.84 Å². The maximum absolute atomic E-state index is 13.4. The molecule has 0 aliphatic carbocycles. The Kier molecular flexibility index (Phi) is 6.05. The zero-order chi connectivity index (χ0) is 24.7. The minimum Gasteiger partial charge on any atom is -0.507 e. The number of ketones is 1. The van der Waals surface area contributed by atoms with Crippen molar-refractivity contribution in [1.29, 1.82) is 0 Å². The number of carbonyl (C=O) groups excluding carboxylic acids is 2. The van der Waals surface area contributed by atoms with E-state index < -0.39 is 17.7 Å². The highest BCUT2D eigenvalue weighted by Crippen LogP contribution is 2.44. The second-order valence-electron chi connectivity index (χ2n) is 8.10. The third kappa shape index (κ3) is 4.07. The van der Waals surface area contributed by atoms with Gasteiger partial charge in [-0.3, -0.25) is 14.5 Å². The monoisotopic (exact) mass is 504 g/mol. The lowest BCUT2D eigenvalue weighted by molar-refractivity contribution is -0.132. The van der Waals surface area contributed by atoms with Gasteiger partial charge in [-0.05, 0) is 66.1 Å². The van der Waals surface area contributed by atoms with Crippen LogP contribution in [0.1, 0.15) is 29.7 Å². The summed E-state index contributed by atoms with van der Waals surface area (Å²) in [6, 6.07) is 18.6. The van der Waals surface area contributed by atoms with Crippen LogP contribution in [0.2, 0.25) is 5.02 Å². The summed E-state index contributed by atoms with van der Waals surface area (Å²) >= 11 is 7.44. The average molecular weight is 505 g/mol. The number of ether oxygens (including phenoxy) is 1. The summed E-state index contributed by atoms with van der Waals surface area (Å²) < 4.78 is 6.11. The Bertz CT molecular complexity index is 1480. The number of amides is 1. The summed E-state index contributed by atoms with van der Waals surface area (Å²) in [6.07, 6.45) is 0.875. The van der Waals surface area contributed by atoms with Crippen LogP contribution in [0.5, 0.6) is 5.75 Å². The molecule has 4 aromatic rings. The van der Waals surface area contributed by atoms with E-state index in [4.69, 9.17) is 16.3 Å². The largest absolute Gasteiger partial charge is 0.507 e. The summed E-state index contributed by atoms with van der Waals surface area (Å²) in [5, 5.41) is 12.1. The van der Waals surface area contributed by atoms with Crippen LogP contribution in [0.3, 0.4) is 0 Å². The van der Waals surface area contributed by atoms with Crippen LogP contribution in [-0.2, 0) is 16.0 Å². The van der Waals surface area contributed by atoms with Crippen molar-refractivity contribution in [2.24, 2.45) is 0 Å². The van der Waals surface area contributed by atoms with Crippen molar-refractivity contribution in [3.05, 3.63) is 94.0 Å². The number of aliphatic hydroxyl groups excluding tert-OH is 1. The van der Waals surface area contributed by atoms with E-state index in [1.165, 1.54) is 16.2 Å². The molecule has 5 rings (SSSR count). The van der Waals surface area contributed by atoms with Crippen molar-refractivity contribution in [2.45, 2.75) is 19.4 Å². The summed E-state index contributed by atoms with van der Waals surface area (Å²) in [6.45, 7) is 2.07. The Morgan fingerprint density at radius 1 is 1.09 bits per heavy atom. The molecule has 8 heteroatoms. The molecule has 1 fully saturated rings. The lowest BCUT2D eigenvalue weighted by Gasteiger charge is -2.23. The van der Waals surface area contributed by atoms with E-state index in [-0.39, 0.29) is 11.3 Å². The van der Waals surface area contributed by atoms with Gasteiger partial charge in [-0.2, -0.15) is 0 Å². The van der Waals surface area contributed by atoms with Crippen LogP contribution >= 0.6 is 22.9 Å². The number of rotatable bonds is 5. The van der Waals surface area contributed by atoms with Gasteiger partial charge in [0.25, 0.3) is 5.78 Å². The zero-order valence-electron chi connectivity index (χ0n) is 19.0. The van der Waals surface area contributed by atoms with Gasteiger partial charge in [-0.15, -0.1) is 0 Å². The molecule has 2 heterocycles. The molecule has 35 heavy (non-hydrogen) atoms. The fourth-order valence-corrected chi connectivity index (χ4v) is 5.36. The molecule has 1 aliphatic heterocycles. The molecule has 0 bridgehead atoms. The molecule has 1 amide bonds. The number of halogens is 1. The second-order valence-corrected chi connectivity index (χ2v) is 9.55. The van der Waals surface area contributed by atoms with Gasteiger partial charge in [-0.1, -0.05) is 48.1 Å². The number of anilines is 1. The van der Waals surface area contributed by atoms with E-state index in [2.05, 4.69) is 11.9 Å². The molecule has 0 radical (unpaired) electrons. The predicted molar refractivity (Wildman–Crippen MR) is 138 cm³/mol. The van der Waals surface area contributed by atoms with Gasteiger partial charge in [0.2, 0.25) is 0 Å². The SMILES string of the molecule is CCc1ccc2nc(N3C(=O)C(=O)/C(=C(/O)c4ccc(OC)cc4)C3c3ccc(Cl)cc3)sc2c1. The molecule has 1 atom stereocenters. The molecule has 1 N–H and O–H groups in total. The quantitative estimate of drug-likeness (QED) is 0.200. The number of nitrogens with zero attached hydrogens (tertiary/aromatic N) is 2. The maximum atomic E-state index is 13.4. The van der Waals surface area contributed by atoms with Gasteiger partial charge in [0.1, 0.15) is 11.5 Å². The Morgan fingerprint density at radius 3 is 2.46 bits per heavy atom. The molecular formula is C27H21ClN2O4S. The van der Waals surface area contributed by atoms with Crippen molar-refractivity contribution < 1.29 is 19.4 Å². The smallest absolute Gasteiger partial charge is 0.301 e. The number of aromatic nitrogens is 1. The van der Waals surface area contributed by atoms with Crippen molar-refractivity contribution in [2.75, 3.05) is 12.0 Å². The van der Waals surface area contributed by atoms with Crippen LogP contribution in [-0.4, -0.2) is 28.9 Å². The number of benzene rings is 3. The van der Waals surface area contributed by atoms with Crippen LogP contribution in [0, 0.1) is 0 Å². The lowest BCUT2D eigenvalue weighted by Crippen LogP contribution is -2.29. The number of Topliss-reactive ketones (excluding diaryl/α,β-unsaturated/α-hetero) is 1. The van der Waals surface area contributed by atoms with Gasteiger partial charge in [-0.25, -0.2) is 4.98 Å². The minimum atomic E-state index is -0.861. The van der Waals surface area contributed by atoms with E-state index in [0.29, 0.717) is 27.0 Å². The lowest BCUT2D eigenvalue weighted by atomic mass is 9.95. The average Bonchev–Trinajstić information content (AvgIpc) is 3.41. The molecule has 176 valence electrons. The molecule has 1 aliphatic rings. The molecule has 0 saturated carbocycles. The Labute approximate surface area is 211 Å². The van der Waals surface area contributed by atoms with Crippen LogP contribution in [0.15, 0.2) is 72.3 Å². The number of methoxy groups -OCH3 is 1. The molecule has 3 aromatic carbocycles. The summed E-state index contributed by atoms with van der Waals surface area (Å²) in [7, 11) is 1.54. The fourth-order valence-electron chi connectivity index (χ4n) is 4.17. The number of carbonyl (C=O) groups is 2. The van der Waals surface area contributed by atoms with Gasteiger partial charge in [0.15, 0.2) is 5.13 Å². The number of thiazole rings is 1. The minimum absolute atomic E-state index is 0.00371. The molecular weight excluding hydrogens is 484 g/mol. The molecule has 1 saturated heterocycles. The van der Waals surface area contributed by atoms with Crippen LogP contribution in [0.4, 0.5) is 5.13 Å². The fraction of sp³-hybridized carbons (Fsp3) is 0.148. The summed E-state index contributed by atoms with van der Waals surface area (Å²) in [4.78, 5) is 32.7. The van der Waals surface area contributed by atoms with E-state index in [9.17, 15) is 14.7 Å². The van der Waals surface area contributed by atoms with Crippen molar-refractivity contribution in [3.63, 3.8) is 0 Å². The molecule has 1 unspecified atom stereocenters. The van der Waals surface area contributed by atoms with Crippen LogP contribution in [0.25, 0.3) is 16.0 Å². The first-order chi connectivity index (χ1) is 16.9. The third-order valence-electron chi connectivity index (χ3n) is 6.05. The van der Waals surface area contributed by atoms with Gasteiger partial charge in [0, 0.05) is 10.6 Å². The highest BCUT2D eigenvalue weighted by molar-refractivity contribution is 7.22. The Hall–Kier alpha value is -3.68. The van der Waals surface area contributed by atoms with E-state index >= 15 is 0 Å². The molecule has 1 aromatic heterocycles. The standard InChI is InChI=1S/C27H21ClN2O4S/c1-3-15-4-13-20-21(14-15)35-27(29-20)30-23(16-5-9-18(28)10-6-16)22(25(32)26(30)33)24(31)17-7-11-19(34-2)12-8-17/h4-14,23,31H,3H2,1-2H3/b24-22+. The predicted octanol–water partition coefficient (Wildman–Crippen LogP) is 6.15. The highest BCUT2D eigenvalue weighted by Gasteiger charge is 2.48. The number of fused-ring (bicyclic) bond motifs is 1. The third-order valence-corrected chi connectivity index (χ3v) is 7.32. The number of aliphatic hydroxyl groups is 1. The normalized spacial score (nSPS) is 17.3. The number of hydrogen-bond donors (Lipinski definition) is 1. The van der Waals surface area contributed by atoms with Crippen molar-refractivity contribution in [3.8, 4) is 5.75 Å². The zero-order valence-corrected chi connectivity index (χ0v) is 20.6. The topological polar surface area (TPSA) is 79.7 Å². The maximum Gasteiger partial charge on any atom is 0.301 e. The summed E-state index contributed by atoms with van der Waals surface area (Å²) in [5.41, 5.74) is 2.94. The molecule has 0 spiro atoms. The van der Waals surface area contributed by atoms with Gasteiger partial charge in [0.05, 0.1) is 28.9 Å².